The Morgan fingerprint density at radius 3 is 2.63 bits per heavy atom. The van der Waals surface area contributed by atoms with Crippen LogP contribution in [0.15, 0.2) is 0 Å². The van der Waals surface area contributed by atoms with Gasteiger partial charge in [-0.1, -0.05) is 19.8 Å². The quantitative estimate of drug-likeness (QED) is 0.875. The fourth-order valence-corrected chi connectivity index (χ4v) is 2.98. The van der Waals surface area contributed by atoms with Crippen LogP contribution in [-0.2, 0) is 0 Å². The van der Waals surface area contributed by atoms with Gasteiger partial charge in [-0.2, -0.15) is 0 Å². The third-order valence-corrected chi connectivity index (χ3v) is 4.42. The molecule has 2 unspecified atom stereocenters. The van der Waals surface area contributed by atoms with E-state index < -0.39 is 0 Å². The number of nitrogens with two attached hydrogens (primary N) is 1. The summed E-state index contributed by atoms with van der Waals surface area (Å²) in [7, 11) is 0. The minimum atomic E-state index is 0.545. The molecule has 0 aliphatic heterocycles. The number of nitrogen functional groups attached to an aromatic ring is 1. The van der Waals surface area contributed by atoms with Gasteiger partial charge >= 0.3 is 0 Å². The Balaban J connectivity index is 1.78. The van der Waals surface area contributed by atoms with Gasteiger partial charge in [-0.05, 0) is 38.5 Å². The van der Waals surface area contributed by atoms with Crippen molar-refractivity contribution in [3.05, 3.63) is 11.4 Å². The zero-order valence-electron chi connectivity index (χ0n) is 11.9. The second kappa shape index (κ2) is 4.99. The summed E-state index contributed by atoms with van der Waals surface area (Å²) in [5.74, 6) is 3.91. The number of anilines is 2. The summed E-state index contributed by atoms with van der Waals surface area (Å²) >= 11 is 0. The molecule has 4 heteroatoms. The lowest BCUT2D eigenvalue weighted by atomic mass is 9.87. The zero-order valence-corrected chi connectivity index (χ0v) is 11.9. The van der Waals surface area contributed by atoms with Crippen LogP contribution in [0.4, 0.5) is 11.6 Å². The third-order valence-electron chi connectivity index (χ3n) is 4.42. The molecule has 3 N–H and O–H groups in total. The molecule has 1 aromatic rings. The minimum absolute atomic E-state index is 0.545. The molecule has 2 atom stereocenters. The maximum absolute atomic E-state index is 6.03. The summed E-state index contributed by atoms with van der Waals surface area (Å²) in [6.07, 6.45) is 7.57. The van der Waals surface area contributed by atoms with Gasteiger partial charge in [0.15, 0.2) is 0 Å². The van der Waals surface area contributed by atoms with Gasteiger partial charge in [-0.25, -0.2) is 9.97 Å². The average Bonchev–Trinajstić information content (AvgIpc) is 3.19. The molecule has 2 aliphatic rings. The lowest BCUT2D eigenvalue weighted by Gasteiger charge is -2.28. The zero-order chi connectivity index (χ0) is 13.4. The first kappa shape index (κ1) is 12.7. The number of hydrogen-bond donors (Lipinski definition) is 2. The standard InChI is InChI=1S/C15H24N4/c1-9-4-3-5-12(8-9)17-14-10(2)13(16)18-15(19-14)11-6-7-11/h9,11-12H,3-8H2,1-2H3,(H3,16,17,18,19). The molecule has 2 saturated carbocycles. The Hall–Kier alpha value is -1.32. The third kappa shape index (κ3) is 2.82. The van der Waals surface area contributed by atoms with Gasteiger partial charge in [0, 0.05) is 17.5 Å². The topological polar surface area (TPSA) is 63.8 Å². The van der Waals surface area contributed by atoms with Gasteiger partial charge in [-0.15, -0.1) is 0 Å². The summed E-state index contributed by atoms with van der Waals surface area (Å²) in [5.41, 5.74) is 7.03. The summed E-state index contributed by atoms with van der Waals surface area (Å²) in [6, 6.07) is 0.545. The van der Waals surface area contributed by atoms with Crippen LogP contribution in [0.25, 0.3) is 0 Å². The number of nitrogens with one attached hydrogen (secondary N) is 1. The molecule has 1 aromatic heterocycles. The van der Waals surface area contributed by atoms with Crippen LogP contribution < -0.4 is 11.1 Å². The largest absolute Gasteiger partial charge is 0.383 e. The van der Waals surface area contributed by atoms with Gasteiger partial charge in [0.25, 0.3) is 0 Å². The van der Waals surface area contributed by atoms with E-state index in [0.717, 1.165) is 23.1 Å². The highest BCUT2D eigenvalue weighted by atomic mass is 15.1. The van der Waals surface area contributed by atoms with E-state index in [-0.39, 0.29) is 0 Å². The Labute approximate surface area is 115 Å². The van der Waals surface area contributed by atoms with Crippen LogP contribution in [-0.4, -0.2) is 16.0 Å². The Kier molecular flexibility index (Phi) is 3.33. The van der Waals surface area contributed by atoms with E-state index in [0.29, 0.717) is 17.8 Å². The Morgan fingerprint density at radius 2 is 1.95 bits per heavy atom. The van der Waals surface area contributed by atoms with Crippen molar-refractivity contribution < 1.29 is 0 Å². The Morgan fingerprint density at radius 1 is 1.16 bits per heavy atom. The second-order valence-electron chi connectivity index (χ2n) is 6.33. The van der Waals surface area contributed by atoms with Crippen molar-refractivity contribution in [3.8, 4) is 0 Å². The highest BCUT2D eigenvalue weighted by molar-refractivity contribution is 5.55. The minimum Gasteiger partial charge on any atom is -0.383 e. The van der Waals surface area contributed by atoms with E-state index in [9.17, 15) is 0 Å². The second-order valence-corrected chi connectivity index (χ2v) is 6.33. The molecule has 4 nitrogen and oxygen atoms in total. The van der Waals surface area contributed by atoms with E-state index in [2.05, 4.69) is 17.2 Å². The number of aromatic nitrogens is 2. The Bertz CT molecular complexity index is 467. The highest BCUT2D eigenvalue weighted by Crippen LogP contribution is 2.39. The molecule has 104 valence electrons. The smallest absolute Gasteiger partial charge is 0.136 e. The lowest BCUT2D eigenvalue weighted by molar-refractivity contribution is 0.358. The van der Waals surface area contributed by atoms with Crippen molar-refractivity contribution >= 4 is 11.6 Å². The molecule has 0 saturated heterocycles. The molecule has 0 spiro atoms. The number of nitrogens with zero attached hydrogens (tertiary/aromatic N) is 2. The molecule has 3 rings (SSSR count). The summed E-state index contributed by atoms with van der Waals surface area (Å²) in [6.45, 7) is 4.35. The maximum Gasteiger partial charge on any atom is 0.136 e. The van der Waals surface area contributed by atoms with Crippen LogP contribution in [0.2, 0.25) is 0 Å². The molecule has 2 fully saturated rings. The van der Waals surface area contributed by atoms with Crippen molar-refractivity contribution in [3.63, 3.8) is 0 Å². The first-order chi connectivity index (χ1) is 9.13. The average molecular weight is 260 g/mol. The van der Waals surface area contributed by atoms with Crippen molar-refractivity contribution in [1.29, 1.82) is 0 Å². The predicted octanol–water partition coefficient (Wildman–Crippen LogP) is 3.24. The summed E-state index contributed by atoms with van der Waals surface area (Å²) < 4.78 is 0. The van der Waals surface area contributed by atoms with Crippen LogP contribution >= 0.6 is 0 Å². The van der Waals surface area contributed by atoms with E-state index in [1.165, 1.54) is 38.5 Å². The molecule has 0 radical (unpaired) electrons. The van der Waals surface area contributed by atoms with Gasteiger partial charge in [-0.3, -0.25) is 0 Å². The first-order valence-electron chi connectivity index (χ1n) is 7.54. The van der Waals surface area contributed by atoms with Crippen LogP contribution in [0.5, 0.6) is 0 Å². The lowest BCUT2D eigenvalue weighted by Crippen LogP contribution is -2.27. The van der Waals surface area contributed by atoms with E-state index in [4.69, 9.17) is 10.7 Å². The molecule has 0 aromatic carbocycles. The van der Waals surface area contributed by atoms with Gasteiger partial charge in [0.2, 0.25) is 0 Å². The molecule has 2 aliphatic carbocycles. The maximum atomic E-state index is 6.03. The summed E-state index contributed by atoms with van der Waals surface area (Å²) in [4.78, 5) is 9.14. The van der Waals surface area contributed by atoms with E-state index >= 15 is 0 Å². The van der Waals surface area contributed by atoms with Crippen molar-refractivity contribution in [2.24, 2.45) is 5.92 Å². The summed E-state index contributed by atoms with van der Waals surface area (Å²) in [5, 5.41) is 3.61. The van der Waals surface area contributed by atoms with Gasteiger partial charge in [0.05, 0.1) is 0 Å². The highest BCUT2D eigenvalue weighted by Gasteiger charge is 2.28. The fourth-order valence-electron chi connectivity index (χ4n) is 2.98. The molecule has 0 bridgehead atoms. The van der Waals surface area contributed by atoms with Gasteiger partial charge in [0.1, 0.15) is 17.5 Å². The van der Waals surface area contributed by atoms with Crippen molar-refractivity contribution in [2.45, 2.75) is 64.3 Å². The van der Waals surface area contributed by atoms with Crippen molar-refractivity contribution in [1.82, 2.24) is 9.97 Å². The van der Waals surface area contributed by atoms with E-state index in [1.54, 1.807) is 0 Å². The first-order valence-corrected chi connectivity index (χ1v) is 7.54. The van der Waals surface area contributed by atoms with Crippen molar-refractivity contribution in [2.75, 3.05) is 11.1 Å². The van der Waals surface area contributed by atoms with E-state index in [1.807, 2.05) is 6.92 Å². The number of hydrogen-bond acceptors (Lipinski definition) is 4. The van der Waals surface area contributed by atoms with Gasteiger partial charge < -0.3 is 11.1 Å². The molecular weight excluding hydrogens is 236 g/mol. The molecular formula is C15H24N4. The number of rotatable bonds is 3. The normalized spacial score (nSPS) is 27.3. The van der Waals surface area contributed by atoms with Crippen LogP contribution in [0.3, 0.4) is 0 Å². The van der Waals surface area contributed by atoms with Crippen LogP contribution in [0, 0.1) is 12.8 Å². The SMILES string of the molecule is Cc1c(N)nc(C2CC2)nc1NC1CCCC(C)C1. The molecule has 1 heterocycles. The predicted molar refractivity (Wildman–Crippen MR) is 78.2 cm³/mol. The molecule has 0 amide bonds. The van der Waals surface area contributed by atoms with Crippen LogP contribution in [0.1, 0.15) is 62.8 Å². The monoisotopic (exact) mass is 260 g/mol. The molecule has 19 heavy (non-hydrogen) atoms. The fraction of sp³-hybridized carbons (Fsp3) is 0.733.